The highest BCUT2D eigenvalue weighted by Crippen LogP contribution is 2.22. The van der Waals surface area contributed by atoms with Crippen LogP contribution < -0.4 is 0 Å². The zero-order valence-electron chi connectivity index (χ0n) is 5.52. The monoisotopic (exact) mass is 180 g/mol. The van der Waals surface area contributed by atoms with Crippen molar-refractivity contribution in [2.75, 3.05) is 0 Å². The van der Waals surface area contributed by atoms with E-state index in [4.69, 9.17) is 0 Å². The molecule has 3 heterocycles. The van der Waals surface area contributed by atoms with E-state index in [1.54, 1.807) is 22.7 Å². The summed E-state index contributed by atoms with van der Waals surface area (Å²) in [5, 5.41) is 6.26. The van der Waals surface area contributed by atoms with Gasteiger partial charge < -0.3 is 0 Å². The molecule has 3 aromatic rings. The van der Waals surface area contributed by atoms with Crippen LogP contribution in [0.1, 0.15) is 0 Å². The molecule has 0 aromatic carbocycles. The smallest absolute Gasteiger partial charge is 0.194 e. The molecule has 2 nitrogen and oxygen atoms in total. The van der Waals surface area contributed by atoms with Gasteiger partial charge in [-0.2, -0.15) is 0 Å². The van der Waals surface area contributed by atoms with E-state index >= 15 is 0 Å². The summed E-state index contributed by atoms with van der Waals surface area (Å²) < 4.78 is 2.12. The van der Waals surface area contributed by atoms with Gasteiger partial charge in [0.25, 0.3) is 0 Å². The number of fused-ring (bicyclic) bond motifs is 3. The van der Waals surface area contributed by atoms with E-state index < -0.39 is 0 Å². The first-order valence-corrected chi connectivity index (χ1v) is 5.05. The number of hydrogen-bond acceptors (Lipinski definition) is 3. The molecule has 0 amide bonds. The van der Waals surface area contributed by atoms with Crippen LogP contribution in [0.2, 0.25) is 0 Å². The fourth-order valence-corrected chi connectivity index (χ4v) is 2.65. The minimum Gasteiger partial charge on any atom is -0.289 e. The van der Waals surface area contributed by atoms with Crippen molar-refractivity contribution >= 4 is 38.7 Å². The molecule has 0 saturated carbocycles. The average Bonchev–Trinajstić information content (AvgIpc) is 2.52. The summed E-state index contributed by atoms with van der Waals surface area (Å²) >= 11 is 3.37. The van der Waals surface area contributed by atoms with Crippen LogP contribution in [0.4, 0.5) is 0 Å². The standard InChI is InChI=1S/C7H4N2S2/c1-2-11-7-8-5-3-10-4-6(5)9(1)7/h1-4H. The molecule has 3 aromatic heterocycles. The Morgan fingerprint density at radius 1 is 1.36 bits per heavy atom. The Hall–Kier alpha value is -0.870. The third-order valence-electron chi connectivity index (χ3n) is 1.69. The third-order valence-corrected chi connectivity index (χ3v) is 3.16. The number of hydrogen-bond donors (Lipinski definition) is 0. The Balaban J connectivity index is 2.75. The zero-order valence-corrected chi connectivity index (χ0v) is 7.15. The number of thiophene rings is 1. The molecule has 0 aliphatic carbocycles. The van der Waals surface area contributed by atoms with Gasteiger partial charge in [-0.3, -0.25) is 4.40 Å². The highest BCUT2D eigenvalue weighted by Gasteiger charge is 2.03. The van der Waals surface area contributed by atoms with Crippen molar-refractivity contribution in [1.29, 1.82) is 0 Å². The maximum atomic E-state index is 4.43. The summed E-state index contributed by atoms with van der Waals surface area (Å²) in [6.07, 6.45) is 2.06. The van der Waals surface area contributed by atoms with Crippen molar-refractivity contribution in [2.24, 2.45) is 0 Å². The molecule has 0 unspecified atom stereocenters. The minimum absolute atomic E-state index is 1.09. The third kappa shape index (κ3) is 0.631. The van der Waals surface area contributed by atoms with Crippen LogP contribution >= 0.6 is 22.7 Å². The zero-order chi connectivity index (χ0) is 7.26. The van der Waals surface area contributed by atoms with Gasteiger partial charge in [0.15, 0.2) is 4.96 Å². The predicted octanol–water partition coefficient (Wildman–Crippen LogP) is 2.61. The maximum Gasteiger partial charge on any atom is 0.194 e. The van der Waals surface area contributed by atoms with E-state index in [-0.39, 0.29) is 0 Å². The van der Waals surface area contributed by atoms with Crippen LogP contribution in [-0.2, 0) is 0 Å². The van der Waals surface area contributed by atoms with Gasteiger partial charge in [-0.1, -0.05) is 0 Å². The highest BCUT2D eigenvalue weighted by molar-refractivity contribution is 7.15. The van der Waals surface area contributed by atoms with Crippen LogP contribution in [0.25, 0.3) is 16.0 Å². The van der Waals surface area contributed by atoms with E-state index in [2.05, 4.69) is 31.7 Å². The Bertz CT molecular complexity index is 457. The summed E-state index contributed by atoms with van der Waals surface area (Å²) in [5.41, 5.74) is 2.34. The summed E-state index contributed by atoms with van der Waals surface area (Å²) in [7, 11) is 0. The predicted molar refractivity (Wildman–Crippen MR) is 48.5 cm³/mol. The molecule has 0 atom stereocenters. The summed E-state index contributed by atoms with van der Waals surface area (Å²) in [6, 6.07) is 0. The molecule has 0 fully saturated rings. The molecule has 0 aliphatic heterocycles. The number of rotatable bonds is 0. The molecule has 0 aliphatic rings. The Morgan fingerprint density at radius 3 is 3.36 bits per heavy atom. The summed E-state index contributed by atoms with van der Waals surface area (Å²) in [4.78, 5) is 5.51. The Kier molecular flexibility index (Phi) is 0.958. The molecule has 3 rings (SSSR count). The van der Waals surface area contributed by atoms with Gasteiger partial charge in [0.1, 0.15) is 5.52 Å². The molecule has 0 N–H and O–H groups in total. The number of nitrogens with zero attached hydrogens (tertiary/aromatic N) is 2. The van der Waals surface area contributed by atoms with Gasteiger partial charge in [-0.15, -0.1) is 22.7 Å². The van der Waals surface area contributed by atoms with Crippen molar-refractivity contribution in [3.05, 3.63) is 22.3 Å². The fraction of sp³-hybridized carbons (Fsp3) is 0. The lowest BCUT2D eigenvalue weighted by Gasteiger charge is -1.78. The highest BCUT2D eigenvalue weighted by atomic mass is 32.1. The van der Waals surface area contributed by atoms with E-state index in [1.165, 1.54) is 5.52 Å². The molecular weight excluding hydrogens is 176 g/mol. The van der Waals surface area contributed by atoms with Gasteiger partial charge in [0.05, 0.1) is 5.52 Å². The van der Waals surface area contributed by atoms with E-state index in [0.29, 0.717) is 0 Å². The van der Waals surface area contributed by atoms with Gasteiger partial charge in [0.2, 0.25) is 0 Å². The number of imidazole rings is 1. The Morgan fingerprint density at radius 2 is 2.36 bits per heavy atom. The van der Waals surface area contributed by atoms with Gasteiger partial charge in [0, 0.05) is 22.3 Å². The van der Waals surface area contributed by atoms with E-state index in [1.807, 2.05) is 0 Å². The van der Waals surface area contributed by atoms with Gasteiger partial charge in [-0.25, -0.2) is 4.98 Å². The second-order valence-electron chi connectivity index (χ2n) is 2.31. The number of aromatic nitrogens is 2. The molecule has 0 saturated heterocycles. The first-order valence-electron chi connectivity index (χ1n) is 3.22. The van der Waals surface area contributed by atoms with Crippen molar-refractivity contribution < 1.29 is 0 Å². The molecule has 0 spiro atoms. The first kappa shape index (κ1) is 5.74. The van der Waals surface area contributed by atoms with Gasteiger partial charge in [-0.05, 0) is 0 Å². The molecule has 4 heteroatoms. The van der Waals surface area contributed by atoms with Crippen molar-refractivity contribution in [3.63, 3.8) is 0 Å². The SMILES string of the molecule is c1cn2c(nc3cscc32)s1. The minimum atomic E-state index is 1.09. The van der Waals surface area contributed by atoms with Crippen LogP contribution in [0.3, 0.4) is 0 Å². The lowest BCUT2D eigenvalue weighted by molar-refractivity contribution is 1.29. The van der Waals surface area contributed by atoms with Crippen molar-refractivity contribution in [3.8, 4) is 0 Å². The maximum absolute atomic E-state index is 4.43. The Labute approximate surface area is 70.7 Å². The largest absolute Gasteiger partial charge is 0.289 e. The second kappa shape index (κ2) is 1.84. The quantitative estimate of drug-likeness (QED) is 0.520. The first-order chi connectivity index (χ1) is 5.45. The van der Waals surface area contributed by atoms with Crippen molar-refractivity contribution in [2.45, 2.75) is 0 Å². The molecule has 0 radical (unpaired) electrons. The number of thiazole rings is 1. The fourth-order valence-electron chi connectivity index (χ4n) is 1.19. The molecular formula is C7H4N2S2. The lowest BCUT2D eigenvalue weighted by atomic mass is 10.5. The van der Waals surface area contributed by atoms with Crippen LogP contribution in [-0.4, -0.2) is 9.38 Å². The van der Waals surface area contributed by atoms with Crippen LogP contribution in [0, 0.1) is 0 Å². The normalized spacial score (nSPS) is 11.6. The van der Waals surface area contributed by atoms with Crippen LogP contribution in [0.5, 0.6) is 0 Å². The topological polar surface area (TPSA) is 17.3 Å². The van der Waals surface area contributed by atoms with Gasteiger partial charge >= 0.3 is 0 Å². The van der Waals surface area contributed by atoms with E-state index in [9.17, 15) is 0 Å². The van der Waals surface area contributed by atoms with Crippen LogP contribution in [0.15, 0.2) is 22.3 Å². The summed E-state index contributed by atoms with van der Waals surface area (Å²) in [6.45, 7) is 0. The van der Waals surface area contributed by atoms with Crippen molar-refractivity contribution in [1.82, 2.24) is 9.38 Å². The second-order valence-corrected chi connectivity index (χ2v) is 3.93. The molecule has 11 heavy (non-hydrogen) atoms. The average molecular weight is 180 g/mol. The molecule has 54 valence electrons. The van der Waals surface area contributed by atoms with E-state index in [0.717, 1.165) is 10.5 Å². The molecule has 0 bridgehead atoms. The summed E-state index contributed by atoms with van der Waals surface area (Å²) in [5.74, 6) is 0. The lowest BCUT2D eigenvalue weighted by Crippen LogP contribution is -1.70.